The van der Waals surface area contributed by atoms with Crippen molar-refractivity contribution >= 4 is 21.7 Å². The molecule has 0 radical (unpaired) electrons. The summed E-state index contributed by atoms with van der Waals surface area (Å²) in [4.78, 5) is 6.99. The van der Waals surface area contributed by atoms with E-state index in [1.54, 1.807) is 13.4 Å². The lowest BCUT2D eigenvalue weighted by atomic mass is 10.0. The second-order valence-electron chi connectivity index (χ2n) is 8.68. The molecular formula is C27H26N6O. The molecule has 34 heavy (non-hydrogen) atoms. The number of benzene rings is 3. The van der Waals surface area contributed by atoms with Crippen LogP contribution in [0, 0.1) is 0 Å². The van der Waals surface area contributed by atoms with Gasteiger partial charge in [0.15, 0.2) is 5.82 Å². The molecule has 0 atom stereocenters. The Morgan fingerprint density at radius 3 is 2.79 bits per heavy atom. The van der Waals surface area contributed by atoms with E-state index in [1.807, 2.05) is 16.8 Å². The van der Waals surface area contributed by atoms with Crippen molar-refractivity contribution in [2.75, 3.05) is 20.2 Å². The van der Waals surface area contributed by atoms with E-state index in [0.29, 0.717) is 0 Å². The molecule has 2 aromatic heterocycles. The molecule has 3 heterocycles. The van der Waals surface area contributed by atoms with Gasteiger partial charge in [-0.1, -0.05) is 30.4 Å². The molecule has 0 spiro atoms. The maximum absolute atomic E-state index is 5.36. The lowest BCUT2D eigenvalue weighted by Gasteiger charge is -2.19. The normalized spacial score (nSPS) is 14.6. The Bertz CT molecular complexity index is 1500. The van der Waals surface area contributed by atoms with E-state index < -0.39 is 0 Å². The average molecular weight is 451 g/mol. The summed E-state index contributed by atoms with van der Waals surface area (Å²) in [6.07, 6.45) is 8.46. The summed E-state index contributed by atoms with van der Waals surface area (Å²) in [5, 5.41) is 15.7. The SMILES string of the molecule is COc1ccc2cc(-c3n[nH]c4ccc(-c5ncnn5CN5CC=CCCC5)cc34)ccc2c1. The Morgan fingerprint density at radius 1 is 0.971 bits per heavy atom. The van der Waals surface area contributed by atoms with Gasteiger partial charge >= 0.3 is 0 Å². The van der Waals surface area contributed by atoms with Crippen LogP contribution in [0.4, 0.5) is 0 Å². The summed E-state index contributed by atoms with van der Waals surface area (Å²) in [6.45, 7) is 2.73. The van der Waals surface area contributed by atoms with E-state index in [0.717, 1.165) is 76.2 Å². The van der Waals surface area contributed by atoms with Crippen molar-refractivity contribution in [1.82, 2.24) is 29.9 Å². The number of allylic oxidation sites excluding steroid dienone is 1. The van der Waals surface area contributed by atoms with Crippen molar-refractivity contribution in [3.05, 3.63) is 73.1 Å². The zero-order chi connectivity index (χ0) is 22.9. The van der Waals surface area contributed by atoms with Crippen LogP contribution < -0.4 is 4.74 Å². The highest BCUT2D eigenvalue weighted by atomic mass is 16.5. The minimum absolute atomic E-state index is 0.726. The standard InChI is InChI=1S/C27H26N6O/c1-34-23-10-8-19-14-21(7-6-20(19)15-23)26-24-16-22(9-11-25(24)30-31-26)27-28-17-29-33(27)18-32-12-4-2-3-5-13-32/h2,4,6-11,14-17H,3,5,12-13,18H2,1H3,(H,30,31). The van der Waals surface area contributed by atoms with Gasteiger partial charge in [0.2, 0.25) is 0 Å². The molecule has 0 bridgehead atoms. The summed E-state index contributed by atoms with van der Waals surface area (Å²) in [5.41, 5.74) is 4.03. The van der Waals surface area contributed by atoms with Gasteiger partial charge in [-0.25, -0.2) is 9.67 Å². The van der Waals surface area contributed by atoms with Crippen LogP contribution in [0.1, 0.15) is 12.8 Å². The van der Waals surface area contributed by atoms with Gasteiger partial charge in [0, 0.05) is 29.6 Å². The van der Waals surface area contributed by atoms with Gasteiger partial charge in [-0.3, -0.25) is 10.00 Å². The molecule has 1 N–H and O–H groups in total. The maximum atomic E-state index is 5.36. The number of hydrogen-bond acceptors (Lipinski definition) is 5. The van der Waals surface area contributed by atoms with E-state index in [2.05, 4.69) is 79.8 Å². The number of methoxy groups -OCH3 is 1. The predicted molar refractivity (Wildman–Crippen MR) is 135 cm³/mol. The lowest BCUT2D eigenvalue weighted by molar-refractivity contribution is 0.232. The van der Waals surface area contributed by atoms with Crippen LogP contribution in [0.2, 0.25) is 0 Å². The van der Waals surface area contributed by atoms with Crippen molar-refractivity contribution in [1.29, 1.82) is 0 Å². The molecule has 5 aromatic rings. The van der Waals surface area contributed by atoms with Crippen molar-refractivity contribution in [3.8, 4) is 28.4 Å². The third-order valence-electron chi connectivity index (χ3n) is 6.47. The van der Waals surface area contributed by atoms with Gasteiger partial charge in [-0.2, -0.15) is 10.2 Å². The van der Waals surface area contributed by atoms with Gasteiger partial charge in [-0.15, -0.1) is 0 Å². The smallest absolute Gasteiger partial charge is 0.159 e. The van der Waals surface area contributed by atoms with Crippen LogP contribution in [0.25, 0.3) is 44.3 Å². The van der Waals surface area contributed by atoms with E-state index in [4.69, 9.17) is 4.74 Å². The number of aromatic nitrogens is 5. The van der Waals surface area contributed by atoms with E-state index in [9.17, 15) is 0 Å². The molecule has 0 saturated heterocycles. The Morgan fingerprint density at radius 2 is 1.85 bits per heavy atom. The lowest BCUT2D eigenvalue weighted by Crippen LogP contribution is -2.28. The highest BCUT2D eigenvalue weighted by Gasteiger charge is 2.15. The second-order valence-corrected chi connectivity index (χ2v) is 8.68. The number of hydrogen-bond donors (Lipinski definition) is 1. The number of aromatic amines is 1. The molecule has 3 aromatic carbocycles. The van der Waals surface area contributed by atoms with Gasteiger partial charge in [-0.05, 0) is 60.0 Å². The highest BCUT2D eigenvalue weighted by molar-refractivity contribution is 5.97. The third-order valence-corrected chi connectivity index (χ3v) is 6.47. The first-order valence-electron chi connectivity index (χ1n) is 11.6. The molecule has 0 fully saturated rings. The Hall–Kier alpha value is -3.97. The molecule has 6 rings (SSSR count). The largest absolute Gasteiger partial charge is 0.497 e. The first-order chi connectivity index (χ1) is 16.8. The van der Waals surface area contributed by atoms with Gasteiger partial charge in [0.25, 0.3) is 0 Å². The zero-order valence-corrected chi connectivity index (χ0v) is 19.1. The molecule has 0 aliphatic carbocycles. The highest BCUT2D eigenvalue weighted by Crippen LogP contribution is 2.32. The number of nitrogens with zero attached hydrogens (tertiary/aromatic N) is 5. The third kappa shape index (κ3) is 3.84. The Labute approximate surface area is 197 Å². The molecule has 0 unspecified atom stereocenters. The fourth-order valence-electron chi connectivity index (χ4n) is 4.65. The first kappa shape index (κ1) is 20.6. The first-order valence-corrected chi connectivity index (χ1v) is 11.6. The number of H-pyrrole nitrogens is 1. The Kier molecular flexibility index (Phi) is 5.31. The minimum atomic E-state index is 0.726. The number of ether oxygens (including phenoxy) is 1. The van der Waals surface area contributed by atoms with Gasteiger partial charge in [0.05, 0.1) is 25.0 Å². The van der Waals surface area contributed by atoms with Crippen molar-refractivity contribution in [3.63, 3.8) is 0 Å². The molecule has 0 saturated carbocycles. The topological polar surface area (TPSA) is 71.9 Å². The van der Waals surface area contributed by atoms with E-state index in [1.165, 1.54) is 6.42 Å². The average Bonchev–Trinajstić information content (AvgIpc) is 3.43. The number of nitrogens with one attached hydrogen (secondary N) is 1. The van der Waals surface area contributed by atoms with Crippen LogP contribution in [0.15, 0.2) is 73.1 Å². The van der Waals surface area contributed by atoms with Gasteiger partial charge < -0.3 is 4.74 Å². The maximum Gasteiger partial charge on any atom is 0.159 e. The molecule has 7 heteroatoms. The molecule has 0 amide bonds. The van der Waals surface area contributed by atoms with E-state index >= 15 is 0 Å². The quantitative estimate of drug-likeness (QED) is 0.370. The van der Waals surface area contributed by atoms with Crippen molar-refractivity contribution < 1.29 is 4.74 Å². The van der Waals surface area contributed by atoms with Crippen LogP contribution in [0.5, 0.6) is 5.75 Å². The summed E-state index contributed by atoms with van der Waals surface area (Å²) in [7, 11) is 1.69. The molecule has 170 valence electrons. The second kappa shape index (κ2) is 8.76. The van der Waals surface area contributed by atoms with Crippen LogP contribution in [-0.2, 0) is 6.67 Å². The fourth-order valence-corrected chi connectivity index (χ4v) is 4.65. The number of fused-ring (bicyclic) bond motifs is 2. The van der Waals surface area contributed by atoms with Crippen molar-refractivity contribution in [2.24, 2.45) is 0 Å². The monoisotopic (exact) mass is 450 g/mol. The minimum Gasteiger partial charge on any atom is -0.497 e. The summed E-state index contributed by atoms with van der Waals surface area (Å²) >= 11 is 0. The fraction of sp³-hybridized carbons (Fsp3) is 0.222. The van der Waals surface area contributed by atoms with E-state index in [-0.39, 0.29) is 0 Å². The Balaban J connectivity index is 1.36. The summed E-state index contributed by atoms with van der Waals surface area (Å²) < 4.78 is 7.35. The summed E-state index contributed by atoms with van der Waals surface area (Å²) in [5.74, 6) is 1.73. The molecule has 7 nitrogen and oxygen atoms in total. The van der Waals surface area contributed by atoms with Crippen LogP contribution in [-0.4, -0.2) is 50.1 Å². The predicted octanol–water partition coefficient (Wildman–Crippen LogP) is 5.26. The van der Waals surface area contributed by atoms with Crippen molar-refractivity contribution in [2.45, 2.75) is 19.5 Å². The molecule has 1 aliphatic heterocycles. The molecule has 1 aliphatic rings. The van der Waals surface area contributed by atoms with Crippen LogP contribution in [0.3, 0.4) is 0 Å². The molecular weight excluding hydrogens is 424 g/mol. The summed E-state index contributed by atoms with van der Waals surface area (Å²) in [6, 6.07) is 18.8. The van der Waals surface area contributed by atoms with Crippen LogP contribution >= 0.6 is 0 Å². The number of rotatable bonds is 5. The zero-order valence-electron chi connectivity index (χ0n) is 19.1. The van der Waals surface area contributed by atoms with Gasteiger partial charge in [0.1, 0.15) is 12.1 Å².